The third-order valence-electron chi connectivity index (χ3n) is 3.71. The van der Waals surface area contributed by atoms with Crippen molar-refractivity contribution >= 4 is 0 Å². The van der Waals surface area contributed by atoms with Gasteiger partial charge in [0.1, 0.15) is 11.6 Å². The maximum atomic E-state index is 13.3. The molecule has 0 spiro atoms. The van der Waals surface area contributed by atoms with Crippen LogP contribution in [0.3, 0.4) is 0 Å². The third kappa shape index (κ3) is 4.43. The van der Waals surface area contributed by atoms with E-state index in [0.29, 0.717) is 37.4 Å². The van der Waals surface area contributed by atoms with Gasteiger partial charge in [0.05, 0.1) is 12.2 Å². The minimum Gasteiger partial charge on any atom is -0.503 e. The number of halogens is 2. The van der Waals surface area contributed by atoms with Crippen LogP contribution in [0.4, 0.5) is 8.78 Å². The molecule has 0 atom stereocenters. The smallest absolute Gasteiger partial charge is 0.223 e. The van der Waals surface area contributed by atoms with Gasteiger partial charge in [-0.1, -0.05) is 5.92 Å². The summed E-state index contributed by atoms with van der Waals surface area (Å²) < 4.78 is 28.3. The lowest BCUT2D eigenvalue weighted by Crippen LogP contribution is -2.28. The molecule has 0 aliphatic rings. The number of rotatable bonds is 6. The average molecular weight is 332 g/mol. The van der Waals surface area contributed by atoms with E-state index in [-0.39, 0.29) is 5.75 Å². The SMILES string of the molecule is C#CCN(CCn1ccc(=O)c(O)c1C)Cc1cc(F)cc(F)c1. The van der Waals surface area contributed by atoms with Gasteiger partial charge in [0.25, 0.3) is 0 Å². The molecule has 0 saturated heterocycles. The van der Waals surface area contributed by atoms with E-state index in [4.69, 9.17) is 6.42 Å². The quantitative estimate of drug-likeness (QED) is 0.826. The molecule has 0 aliphatic carbocycles. The molecule has 0 fully saturated rings. The van der Waals surface area contributed by atoms with Crippen LogP contribution < -0.4 is 5.43 Å². The van der Waals surface area contributed by atoms with Crippen molar-refractivity contribution in [2.45, 2.75) is 20.0 Å². The molecule has 0 saturated carbocycles. The largest absolute Gasteiger partial charge is 0.503 e. The van der Waals surface area contributed by atoms with E-state index >= 15 is 0 Å². The standard InChI is InChI=1S/C18H18F2N2O2/c1-3-5-21(12-14-9-15(19)11-16(20)10-14)7-8-22-6-4-17(23)18(24)13(22)2/h1,4,6,9-11,24H,5,7-8,12H2,2H3. The van der Waals surface area contributed by atoms with Crippen LogP contribution in [0, 0.1) is 30.9 Å². The Bertz CT molecular complexity index is 804. The second kappa shape index (κ2) is 7.75. The first-order chi connectivity index (χ1) is 11.4. The molecule has 126 valence electrons. The molecule has 0 aliphatic heterocycles. The van der Waals surface area contributed by atoms with Gasteiger partial charge in [0.15, 0.2) is 5.75 Å². The van der Waals surface area contributed by atoms with Crippen LogP contribution in [0.2, 0.25) is 0 Å². The van der Waals surface area contributed by atoms with Crippen LogP contribution >= 0.6 is 0 Å². The van der Waals surface area contributed by atoms with E-state index in [2.05, 4.69) is 5.92 Å². The minimum absolute atomic E-state index is 0.284. The summed E-state index contributed by atoms with van der Waals surface area (Å²) in [5.41, 5.74) is 0.515. The molecule has 6 heteroatoms. The van der Waals surface area contributed by atoms with Gasteiger partial charge in [0.2, 0.25) is 5.43 Å². The Labute approximate surface area is 139 Å². The second-order valence-corrected chi connectivity index (χ2v) is 5.50. The Morgan fingerprint density at radius 3 is 2.58 bits per heavy atom. The molecule has 2 rings (SSSR count). The average Bonchev–Trinajstić information content (AvgIpc) is 2.51. The summed E-state index contributed by atoms with van der Waals surface area (Å²) in [6, 6.07) is 4.64. The molecule has 1 heterocycles. The topological polar surface area (TPSA) is 45.5 Å². The van der Waals surface area contributed by atoms with Gasteiger partial charge in [-0.25, -0.2) is 8.78 Å². The van der Waals surface area contributed by atoms with Crippen molar-refractivity contribution < 1.29 is 13.9 Å². The van der Waals surface area contributed by atoms with Crippen LogP contribution in [0.25, 0.3) is 0 Å². The molecule has 2 aromatic rings. The summed E-state index contributed by atoms with van der Waals surface area (Å²) in [6.45, 7) is 3.21. The number of aromatic nitrogens is 1. The highest BCUT2D eigenvalue weighted by atomic mass is 19.1. The summed E-state index contributed by atoms with van der Waals surface area (Å²) in [4.78, 5) is 13.2. The van der Waals surface area contributed by atoms with Gasteiger partial charge < -0.3 is 9.67 Å². The monoisotopic (exact) mass is 332 g/mol. The van der Waals surface area contributed by atoms with E-state index in [1.807, 2.05) is 4.90 Å². The van der Waals surface area contributed by atoms with Crippen LogP contribution in [0.15, 0.2) is 35.3 Å². The normalized spacial score (nSPS) is 10.8. The van der Waals surface area contributed by atoms with Gasteiger partial charge in [-0.15, -0.1) is 6.42 Å². The Kier molecular flexibility index (Phi) is 5.72. The maximum Gasteiger partial charge on any atom is 0.223 e. The zero-order valence-corrected chi connectivity index (χ0v) is 13.3. The number of hydrogen-bond donors (Lipinski definition) is 1. The number of nitrogens with zero attached hydrogens (tertiary/aromatic N) is 2. The number of benzene rings is 1. The van der Waals surface area contributed by atoms with E-state index < -0.39 is 17.1 Å². The number of aromatic hydroxyl groups is 1. The van der Waals surface area contributed by atoms with Crippen LogP contribution in [-0.2, 0) is 13.1 Å². The number of terminal acetylenes is 1. The van der Waals surface area contributed by atoms with E-state index in [1.165, 1.54) is 18.2 Å². The Morgan fingerprint density at radius 1 is 1.29 bits per heavy atom. The predicted molar refractivity (Wildman–Crippen MR) is 87.6 cm³/mol. The summed E-state index contributed by atoms with van der Waals surface area (Å²) >= 11 is 0. The molecular formula is C18H18F2N2O2. The molecule has 24 heavy (non-hydrogen) atoms. The highest BCUT2D eigenvalue weighted by Gasteiger charge is 2.10. The first-order valence-corrected chi connectivity index (χ1v) is 7.40. The van der Waals surface area contributed by atoms with Crippen molar-refractivity contribution in [3.05, 3.63) is 63.6 Å². The van der Waals surface area contributed by atoms with Gasteiger partial charge in [0, 0.05) is 38.0 Å². The highest BCUT2D eigenvalue weighted by molar-refractivity contribution is 5.25. The lowest BCUT2D eigenvalue weighted by Gasteiger charge is -2.21. The summed E-state index contributed by atoms with van der Waals surface area (Å²) in [6.07, 6.45) is 6.95. The summed E-state index contributed by atoms with van der Waals surface area (Å²) in [7, 11) is 0. The van der Waals surface area contributed by atoms with Gasteiger partial charge in [-0.2, -0.15) is 0 Å². The van der Waals surface area contributed by atoms with Crippen molar-refractivity contribution in [1.29, 1.82) is 0 Å². The third-order valence-corrected chi connectivity index (χ3v) is 3.71. The lowest BCUT2D eigenvalue weighted by molar-refractivity contribution is 0.282. The number of pyridine rings is 1. The summed E-state index contributed by atoms with van der Waals surface area (Å²) in [5.74, 6) is 0.969. The second-order valence-electron chi connectivity index (χ2n) is 5.50. The molecular weight excluding hydrogens is 314 g/mol. The van der Waals surface area contributed by atoms with Crippen LogP contribution in [0.5, 0.6) is 5.75 Å². The van der Waals surface area contributed by atoms with E-state index in [1.54, 1.807) is 17.7 Å². The van der Waals surface area contributed by atoms with Crippen molar-refractivity contribution in [3.63, 3.8) is 0 Å². The van der Waals surface area contributed by atoms with Gasteiger partial charge >= 0.3 is 0 Å². The van der Waals surface area contributed by atoms with E-state index in [0.717, 1.165) is 6.07 Å². The molecule has 0 amide bonds. The predicted octanol–water partition coefficient (Wildman–Crippen LogP) is 2.28. The Hall–Kier alpha value is -2.65. The number of hydrogen-bond acceptors (Lipinski definition) is 3. The zero-order valence-electron chi connectivity index (χ0n) is 13.3. The summed E-state index contributed by atoms with van der Waals surface area (Å²) in [5, 5.41) is 9.69. The lowest BCUT2D eigenvalue weighted by atomic mass is 10.2. The van der Waals surface area contributed by atoms with E-state index in [9.17, 15) is 18.7 Å². The molecule has 0 radical (unpaired) electrons. The fourth-order valence-corrected chi connectivity index (χ4v) is 2.46. The fourth-order valence-electron chi connectivity index (χ4n) is 2.46. The Balaban J connectivity index is 2.10. The molecule has 1 N–H and O–H groups in total. The molecule has 1 aromatic heterocycles. The van der Waals surface area contributed by atoms with Crippen LogP contribution in [0.1, 0.15) is 11.3 Å². The fraction of sp³-hybridized carbons (Fsp3) is 0.278. The minimum atomic E-state index is -0.633. The molecule has 0 bridgehead atoms. The molecule has 4 nitrogen and oxygen atoms in total. The van der Waals surface area contributed by atoms with Gasteiger partial charge in [-0.05, 0) is 24.6 Å². The van der Waals surface area contributed by atoms with Crippen LogP contribution in [-0.4, -0.2) is 27.7 Å². The van der Waals surface area contributed by atoms with Crippen molar-refractivity contribution in [2.24, 2.45) is 0 Å². The van der Waals surface area contributed by atoms with Gasteiger partial charge in [-0.3, -0.25) is 9.69 Å². The van der Waals surface area contributed by atoms with Crippen molar-refractivity contribution in [2.75, 3.05) is 13.1 Å². The Morgan fingerprint density at radius 2 is 1.96 bits per heavy atom. The maximum absolute atomic E-state index is 13.3. The molecule has 0 unspecified atom stereocenters. The van der Waals surface area contributed by atoms with Crippen molar-refractivity contribution in [1.82, 2.24) is 9.47 Å². The first kappa shape index (κ1) is 17.7. The van der Waals surface area contributed by atoms with Crippen molar-refractivity contribution in [3.8, 4) is 18.1 Å². The highest BCUT2D eigenvalue weighted by Crippen LogP contribution is 2.12. The zero-order chi connectivity index (χ0) is 17.7. The first-order valence-electron chi connectivity index (χ1n) is 7.40. The molecule has 1 aromatic carbocycles.